The Morgan fingerprint density at radius 2 is 1.81 bits per heavy atom. The van der Waals surface area contributed by atoms with Gasteiger partial charge in [-0.3, -0.25) is 0 Å². The van der Waals surface area contributed by atoms with E-state index in [1.165, 1.54) is 12.8 Å². The van der Waals surface area contributed by atoms with Gasteiger partial charge in [0.25, 0.3) is 0 Å². The predicted octanol–water partition coefficient (Wildman–Crippen LogP) is 1.60. The van der Waals surface area contributed by atoms with E-state index in [1.54, 1.807) is 7.11 Å². The van der Waals surface area contributed by atoms with Crippen LogP contribution in [0.5, 0.6) is 0 Å². The summed E-state index contributed by atoms with van der Waals surface area (Å²) >= 11 is 0. The number of methoxy groups -OCH3 is 1. The van der Waals surface area contributed by atoms with Crippen molar-refractivity contribution in [3.05, 3.63) is 0 Å². The van der Waals surface area contributed by atoms with Crippen molar-refractivity contribution >= 4 is 17.8 Å². The van der Waals surface area contributed by atoms with Crippen molar-refractivity contribution in [2.75, 3.05) is 55.4 Å². The number of ether oxygens (including phenoxy) is 1. The van der Waals surface area contributed by atoms with E-state index < -0.39 is 0 Å². The second-order valence-corrected chi connectivity index (χ2v) is 5.45. The highest BCUT2D eigenvalue weighted by Crippen LogP contribution is 2.18. The van der Waals surface area contributed by atoms with Gasteiger partial charge in [0.1, 0.15) is 0 Å². The topological polar surface area (TPSA) is 75.2 Å². The van der Waals surface area contributed by atoms with E-state index in [0.29, 0.717) is 17.8 Å². The standard InChI is InChI=1S/C14H26N6O/c1-4-15-12-17-13(16-9-11(2)10-21-3)19-14(18-12)20-7-5-6-8-20/h11H,4-10H2,1-3H3,(H2,15,16,17,18,19). The Bertz CT molecular complexity index is 435. The van der Waals surface area contributed by atoms with E-state index in [1.807, 2.05) is 6.92 Å². The first-order valence-corrected chi connectivity index (χ1v) is 7.70. The van der Waals surface area contributed by atoms with Gasteiger partial charge in [-0.15, -0.1) is 0 Å². The normalized spacial score (nSPS) is 16.0. The molecule has 1 saturated heterocycles. The lowest BCUT2D eigenvalue weighted by atomic mass is 10.2. The van der Waals surface area contributed by atoms with Gasteiger partial charge in [-0.25, -0.2) is 0 Å². The Morgan fingerprint density at radius 3 is 2.43 bits per heavy atom. The van der Waals surface area contributed by atoms with Crippen LogP contribution in [0.15, 0.2) is 0 Å². The molecule has 2 rings (SSSR count). The summed E-state index contributed by atoms with van der Waals surface area (Å²) in [5, 5.41) is 6.45. The van der Waals surface area contributed by atoms with Crippen molar-refractivity contribution in [3.63, 3.8) is 0 Å². The number of rotatable bonds is 8. The first-order chi connectivity index (χ1) is 10.2. The van der Waals surface area contributed by atoms with Crippen LogP contribution in [-0.4, -0.2) is 54.8 Å². The Hall–Kier alpha value is -1.63. The quantitative estimate of drug-likeness (QED) is 0.754. The van der Waals surface area contributed by atoms with Crippen LogP contribution < -0.4 is 15.5 Å². The van der Waals surface area contributed by atoms with E-state index in [-0.39, 0.29) is 0 Å². The monoisotopic (exact) mass is 294 g/mol. The average molecular weight is 294 g/mol. The van der Waals surface area contributed by atoms with Crippen LogP contribution in [0.4, 0.5) is 17.8 Å². The Morgan fingerprint density at radius 1 is 1.14 bits per heavy atom. The highest BCUT2D eigenvalue weighted by Gasteiger charge is 2.17. The van der Waals surface area contributed by atoms with Crippen LogP contribution in [0.2, 0.25) is 0 Å². The summed E-state index contributed by atoms with van der Waals surface area (Å²) in [6, 6.07) is 0. The zero-order chi connectivity index (χ0) is 15.1. The van der Waals surface area contributed by atoms with Gasteiger partial charge < -0.3 is 20.3 Å². The molecular formula is C14H26N6O. The van der Waals surface area contributed by atoms with Gasteiger partial charge in [-0.1, -0.05) is 6.92 Å². The summed E-state index contributed by atoms with van der Waals surface area (Å²) in [5.74, 6) is 2.44. The van der Waals surface area contributed by atoms with Crippen LogP contribution in [0.25, 0.3) is 0 Å². The van der Waals surface area contributed by atoms with E-state index in [4.69, 9.17) is 4.74 Å². The van der Waals surface area contributed by atoms with Gasteiger partial charge in [0.05, 0.1) is 6.61 Å². The Labute approximate surface area is 126 Å². The minimum Gasteiger partial charge on any atom is -0.384 e. The molecule has 1 aliphatic rings. The number of nitrogens with zero attached hydrogens (tertiary/aromatic N) is 4. The van der Waals surface area contributed by atoms with Gasteiger partial charge in [0, 0.05) is 33.3 Å². The highest BCUT2D eigenvalue weighted by atomic mass is 16.5. The zero-order valence-electron chi connectivity index (χ0n) is 13.2. The van der Waals surface area contributed by atoms with Crippen LogP contribution in [0.3, 0.4) is 0 Å². The molecule has 1 unspecified atom stereocenters. The third-order valence-corrected chi connectivity index (χ3v) is 3.41. The molecular weight excluding hydrogens is 268 g/mol. The Kier molecular flexibility index (Phi) is 5.98. The SMILES string of the molecule is CCNc1nc(NCC(C)COC)nc(N2CCCC2)n1. The van der Waals surface area contributed by atoms with E-state index in [2.05, 4.69) is 37.4 Å². The first-order valence-electron chi connectivity index (χ1n) is 7.70. The Balaban J connectivity index is 2.07. The van der Waals surface area contributed by atoms with Crippen LogP contribution in [0, 0.1) is 5.92 Å². The molecule has 0 aliphatic carbocycles. The lowest BCUT2D eigenvalue weighted by Gasteiger charge is -2.18. The van der Waals surface area contributed by atoms with Crippen molar-refractivity contribution in [1.29, 1.82) is 0 Å². The number of hydrogen-bond donors (Lipinski definition) is 2. The van der Waals surface area contributed by atoms with Gasteiger partial charge in [-0.2, -0.15) is 15.0 Å². The predicted molar refractivity (Wildman–Crippen MR) is 85.0 cm³/mol. The third kappa shape index (κ3) is 4.70. The molecule has 7 nitrogen and oxygen atoms in total. The zero-order valence-corrected chi connectivity index (χ0v) is 13.2. The molecule has 21 heavy (non-hydrogen) atoms. The van der Waals surface area contributed by atoms with Gasteiger partial charge >= 0.3 is 0 Å². The maximum atomic E-state index is 5.15. The van der Waals surface area contributed by atoms with Crippen molar-refractivity contribution in [3.8, 4) is 0 Å². The van der Waals surface area contributed by atoms with E-state index in [0.717, 1.165) is 38.7 Å². The number of aromatic nitrogens is 3. The van der Waals surface area contributed by atoms with E-state index in [9.17, 15) is 0 Å². The van der Waals surface area contributed by atoms with Crippen molar-refractivity contribution in [2.45, 2.75) is 26.7 Å². The summed E-state index contributed by atoms with van der Waals surface area (Å²) in [6.07, 6.45) is 2.41. The highest BCUT2D eigenvalue weighted by molar-refractivity contribution is 5.44. The van der Waals surface area contributed by atoms with Crippen molar-refractivity contribution in [2.24, 2.45) is 5.92 Å². The molecule has 0 aromatic carbocycles. The van der Waals surface area contributed by atoms with Crippen LogP contribution in [0.1, 0.15) is 26.7 Å². The molecule has 7 heteroatoms. The van der Waals surface area contributed by atoms with Gasteiger partial charge in [-0.05, 0) is 25.7 Å². The van der Waals surface area contributed by atoms with Crippen LogP contribution >= 0.6 is 0 Å². The van der Waals surface area contributed by atoms with Gasteiger partial charge in [0.2, 0.25) is 17.8 Å². The van der Waals surface area contributed by atoms with Crippen molar-refractivity contribution < 1.29 is 4.74 Å². The minimum absolute atomic E-state index is 0.407. The van der Waals surface area contributed by atoms with Crippen molar-refractivity contribution in [1.82, 2.24) is 15.0 Å². The molecule has 0 spiro atoms. The molecule has 1 atom stereocenters. The molecule has 2 heterocycles. The molecule has 0 amide bonds. The maximum Gasteiger partial charge on any atom is 0.231 e. The number of nitrogens with one attached hydrogen (secondary N) is 2. The first kappa shape index (κ1) is 15.8. The van der Waals surface area contributed by atoms with Crippen LogP contribution in [-0.2, 0) is 4.74 Å². The maximum absolute atomic E-state index is 5.15. The average Bonchev–Trinajstić information content (AvgIpc) is 3.00. The fraction of sp³-hybridized carbons (Fsp3) is 0.786. The second kappa shape index (κ2) is 7.97. The molecule has 0 saturated carbocycles. The number of hydrogen-bond acceptors (Lipinski definition) is 7. The second-order valence-electron chi connectivity index (χ2n) is 5.45. The summed E-state index contributed by atoms with van der Waals surface area (Å²) in [5.41, 5.74) is 0. The third-order valence-electron chi connectivity index (χ3n) is 3.41. The largest absolute Gasteiger partial charge is 0.384 e. The van der Waals surface area contributed by atoms with Gasteiger partial charge in [0.15, 0.2) is 0 Å². The molecule has 1 aromatic rings. The molecule has 1 fully saturated rings. The molecule has 2 N–H and O–H groups in total. The summed E-state index contributed by atoms with van der Waals surface area (Å²) in [7, 11) is 1.72. The lowest BCUT2D eigenvalue weighted by molar-refractivity contribution is 0.164. The lowest BCUT2D eigenvalue weighted by Crippen LogP contribution is -2.23. The molecule has 1 aromatic heterocycles. The smallest absolute Gasteiger partial charge is 0.231 e. The molecule has 0 radical (unpaired) electrons. The fourth-order valence-electron chi connectivity index (χ4n) is 2.35. The summed E-state index contributed by atoms with van der Waals surface area (Å²) < 4.78 is 5.15. The fourth-order valence-corrected chi connectivity index (χ4v) is 2.35. The number of anilines is 3. The molecule has 1 aliphatic heterocycles. The van der Waals surface area contributed by atoms with E-state index >= 15 is 0 Å². The molecule has 118 valence electrons. The summed E-state index contributed by atoms with van der Waals surface area (Å²) in [4.78, 5) is 15.7. The minimum atomic E-state index is 0.407. The summed E-state index contributed by atoms with van der Waals surface area (Å²) in [6.45, 7) is 8.50. The molecule has 0 bridgehead atoms.